The van der Waals surface area contributed by atoms with Crippen molar-refractivity contribution in [3.05, 3.63) is 64.5 Å². The Labute approximate surface area is 181 Å². The summed E-state index contributed by atoms with van der Waals surface area (Å²) in [7, 11) is 3.93. The summed E-state index contributed by atoms with van der Waals surface area (Å²) in [6, 6.07) is 16.2. The fourth-order valence-corrected chi connectivity index (χ4v) is 4.96. The molecule has 0 radical (unpaired) electrons. The maximum absolute atomic E-state index is 13.4. The molecule has 5 nitrogen and oxygen atoms in total. The number of nitrogens with zero attached hydrogens (tertiary/aromatic N) is 2. The van der Waals surface area contributed by atoms with Crippen molar-refractivity contribution < 1.29 is 14.3 Å². The lowest BCUT2D eigenvalue weighted by Crippen LogP contribution is -2.36. The van der Waals surface area contributed by atoms with Crippen LogP contribution in [-0.2, 0) is 4.74 Å². The van der Waals surface area contributed by atoms with E-state index in [0.29, 0.717) is 19.8 Å². The first-order chi connectivity index (χ1) is 14.5. The SMILES string of the molecule is Cc1ccc(OCCN(C)C(=O)c2sc3ccccc3c2C2CN(C)CCO2)cc1. The molecule has 0 saturated carbocycles. The third-order valence-corrected chi connectivity index (χ3v) is 6.66. The summed E-state index contributed by atoms with van der Waals surface area (Å²) in [4.78, 5) is 18.1. The van der Waals surface area contributed by atoms with Crippen molar-refractivity contribution in [1.29, 1.82) is 0 Å². The van der Waals surface area contributed by atoms with E-state index in [9.17, 15) is 4.79 Å². The van der Waals surface area contributed by atoms with Gasteiger partial charge in [0, 0.05) is 30.4 Å². The van der Waals surface area contributed by atoms with Crippen molar-refractivity contribution in [3.8, 4) is 5.75 Å². The lowest BCUT2D eigenvalue weighted by atomic mass is 10.0. The molecule has 1 atom stereocenters. The molecular weight excluding hydrogens is 396 g/mol. The number of aryl methyl sites for hydroxylation is 1. The molecule has 1 fully saturated rings. The van der Waals surface area contributed by atoms with Gasteiger partial charge in [0.05, 0.1) is 24.1 Å². The van der Waals surface area contributed by atoms with Crippen molar-refractivity contribution in [2.45, 2.75) is 13.0 Å². The normalized spacial score (nSPS) is 17.2. The molecule has 4 rings (SSSR count). The van der Waals surface area contributed by atoms with Crippen LogP contribution in [0.4, 0.5) is 0 Å². The van der Waals surface area contributed by atoms with Crippen molar-refractivity contribution in [1.82, 2.24) is 9.80 Å². The molecule has 1 aliphatic rings. The minimum atomic E-state index is -0.0870. The van der Waals surface area contributed by atoms with Gasteiger partial charge in [-0.25, -0.2) is 0 Å². The number of fused-ring (bicyclic) bond motifs is 1. The molecule has 2 heterocycles. The highest BCUT2D eigenvalue weighted by Gasteiger charge is 2.29. The number of likely N-dealkylation sites (N-methyl/N-ethyl adjacent to an activating group) is 2. The molecule has 0 N–H and O–H groups in total. The van der Waals surface area contributed by atoms with Crippen LogP contribution in [0.25, 0.3) is 10.1 Å². The van der Waals surface area contributed by atoms with Crippen LogP contribution < -0.4 is 4.74 Å². The number of morpholine rings is 1. The number of thiophene rings is 1. The number of carbonyl (C=O) groups excluding carboxylic acids is 1. The molecule has 30 heavy (non-hydrogen) atoms. The monoisotopic (exact) mass is 424 g/mol. The van der Waals surface area contributed by atoms with E-state index < -0.39 is 0 Å². The average Bonchev–Trinajstić information content (AvgIpc) is 3.14. The molecule has 1 amide bonds. The molecule has 6 heteroatoms. The average molecular weight is 425 g/mol. The van der Waals surface area contributed by atoms with Gasteiger partial charge in [-0.3, -0.25) is 4.79 Å². The van der Waals surface area contributed by atoms with Crippen LogP contribution >= 0.6 is 11.3 Å². The molecule has 1 aliphatic heterocycles. The van der Waals surface area contributed by atoms with Crippen LogP contribution in [0.15, 0.2) is 48.5 Å². The van der Waals surface area contributed by atoms with Gasteiger partial charge in [-0.05, 0) is 37.6 Å². The maximum atomic E-state index is 13.4. The van der Waals surface area contributed by atoms with Crippen LogP contribution in [0.2, 0.25) is 0 Å². The Morgan fingerprint density at radius 1 is 1.23 bits per heavy atom. The number of amides is 1. The Morgan fingerprint density at radius 3 is 2.77 bits per heavy atom. The number of rotatable bonds is 6. The third-order valence-electron chi connectivity index (χ3n) is 5.48. The van der Waals surface area contributed by atoms with Gasteiger partial charge in [0.2, 0.25) is 0 Å². The molecule has 0 spiro atoms. The summed E-state index contributed by atoms with van der Waals surface area (Å²) in [5.41, 5.74) is 2.22. The summed E-state index contributed by atoms with van der Waals surface area (Å²) in [6.07, 6.45) is -0.0870. The Morgan fingerprint density at radius 2 is 2.00 bits per heavy atom. The highest BCUT2D eigenvalue weighted by atomic mass is 32.1. The summed E-state index contributed by atoms with van der Waals surface area (Å²) in [5, 5.41) is 1.12. The Balaban J connectivity index is 1.51. The lowest BCUT2D eigenvalue weighted by Gasteiger charge is -2.31. The van der Waals surface area contributed by atoms with Gasteiger partial charge in [-0.15, -0.1) is 11.3 Å². The standard InChI is InChI=1S/C24H28N2O3S/c1-17-8-10-18(11-9-17)28-15-13-26(3)24(27)23-22(20-16-25(2)12-14-29-20)19-6-4-5-7-21(19)30-23/h4-11,20H,12-16H2,1-3H3. The van der Waals surface area contributed by atoms with Gasteiger partial charge in [0.25, 0.3) is 5.91 Å². The van der Waals surface area contributed by atoms with Crippen molar-refractivity contribution in [3.63, 3.8) is 0 Å². The Hall–Kier alpha value is -2.41. The van der Waals surface area contributed by atoms with Crippen LogP contribution in [-0.4, -0.2) is 62.7 Å². The van der Waals surface area contributed by atoms with E-state index in [0.717, 1.165) is 39.4 Å². The second-order valence-corrected chi connectivity index (χ2v) is 8.90. The lowest BCUT2D eigenvalue weighted by molar-refractivity contribution is -0.0203. The summed E-state index contributed by atoms with van der Waals surface area (Å²) in [6.45, 7) is 5.41. The van der Waals surface area contributed by atoms with E-state index in [1.54, 1.807) is 16.2 Å². The topological polar surface area (TPSA) is 42.0 Å². The van der Waals surface area contributed by atoms with E-state index in [-0.39, 0.29) is 12.0 Å². The zero-order valence-corrected chi connectivity index (χ0v) is 18.6. The van der Waals surface area contributed by atoms with Gasteiger partial charge >= 0.3 is 0 Å². The molecule has 1 unspecified atom stereocenters. The van der Waals surface area contributed by atoms with Gasteiger partial charge in [-0.1, -0.05) is 35.9 Å². The number of benzene rings is 2. The van der Waals surface area contributed by atoms with E-state index in [1.165, 1.54) is 5.56 Å². The molecule has 158 valence electrons. The van der Waals surface area contributed by atoms with Crippen LogP contribution in [0, 0.1) is 6.92 Å². The fraction of sp³-hybridized carbons (Fsp3) is 0.375. The minimum Gasteiger partial charge on any atom is -0.492 e. The fourth-order valence-electron chi connectivity index (χ4n) is 3.71. The molecule has 3 aromatic rings. The first kappa shape index (κ1) is 20.8. The summed E-state index contributed by atoms with van der Waals surface area (Å²) in [5.74, 6) is 0.846. The first-order valence-corrected chi connectivity index (χ1v) is 11.1. The van der Waals surface area contributed by atoms with Crippen molar-refractivity contribution >= 4 is 27.3 Å². The van der Waals surface area contributed by atoms with Gasteiger partial charge in [0.1, 0.15) is 12.4 Å². The quantitative estimate of drug-likeness (QED) is 0.590. The maximum Gasteiger partial charge on any atom is 0.264 e. The predicted octanol–water partition coefficient (Wildman–Crippen LogP) is 4.36. The molecule has 0 aliphatic carbocycles. The number of ether oxygens (including phenoxy) is 2. The summed E-state index contributed by atoms with van der Waals surface area (Å²) < 4.78 is 13.0. The zero-order chi connectivity index (χ0) is 21.1. The van der Waals surface area contributed by atoms with E-state index in [4.69, 9.17) is 9.47 Å². The van der Waals surface area contributed by atoms with Gasteiger partial charge in [-0.2, -0.15) is 0 Å². The van der Waals surface area contributed by atoms with Crippen molar-refractivity contribution in [2.24, 2.45) is 0 Å². The largest absolute Gasteiger partial charge is 0.492 e. The number of hydrogen-bond acceptors (Lipinski definition) is 5. The highest BCUT2D eigenvalue weighted by molar-refractivity contribution is 7.21. The molecular formula is C24H28N2O3S. The molecule has 1 aromatic heterocycles. The molecule has 2 aromatic carbocycles. The zero-order valence-electron chi connectivity index (χ0n) is 17.8. The van der Waals surface area contributed by atoms with Crippen molar-refractivity contribution in [2.75, 3.05) is 46.9 Å². The number of carbonyl (C=O) groups is 1. The smallest absolute Gasteiger partial charge is 0.264 e. The highest BCUT2D eigenvalue weighted by Crippen LogP contribution is 2.38. The predicted molar refractivity (Wildman–Crippen MR) is 122 cm³/mol. The third kappa shape index (κ3) is 4.51. The van der Waals surface area contributed by atoms with Gasteiger partial charge < -0.3 is 19.3 Å². The van der Waals surface area contributed by atoms with Crippen LogP contribution in [0.3, 0.4) is 0 Å². The second kappa shape index (κ2) is 9.16. The second-order valence-electron chi connectivity index (χ2n) is 7.85. The molecule has 1 saturated heterocycles. The Kier molecular flexibility index (Phi) is 6.37. The first-order valence-electron chi connectivity index (χ1n) is 10.3. The summed E-state index contributed by atoms with van der Waals surface area (Å²) >= 11 is 1.56. The van der Waals surface area contributed by atoms with Crippen LogP contribution in [0.1, 0.15) is 26.9 Å². The van der Waals surface area contributed by atoms with E-state index >= 15 is 0 Å². The van der Waals surface area contributed by atoms with E-state index in [2.05, 4.69) is 24.1 Å². The number of hydrogen-bond donors (Lipinski definition) is 0. The van der Waals surface area contributed by atoms with Gasteiger partial charge in [0.15, 0.2) is 0 Å². The van der Waals surface area contributed by atoms with E-state index in [1.807, 2.05) is 50.4 Å². The van der Waals surface area contributed by atoms with Crippen LogP contribution in [0.5, 0.6) is 5.75 Å². The molecule has 0 bridgehead atoms. The Bertz CT molecular complexity index is 1010. The minimum absolute atomic E-state index is 0.0236.